The second-order valence-electron chi connectivity index (χ2n) is 5.21. The molecule has 0 aromatic heterocycles. The predicted molar refractivity (Wildman–Crippen MR) is 88.7 cm³/mol. The first-order valence-corrected chi connectivity index (χ1v) is 7.62. The van der Waals surface area contributed by atoms with Crippen LogP contribution in [0.25, 0.3) is 6.08 Å². The van der Waals surface area contributed by atoms with Crippen molar-refractivity contribution in [2.24, 2.45) is 0 Å². The van der Waals surface area contributed by atoms with Crippen LogP contribution < -0.4 is 4.74 Å². The largest absolute Gasteiger partial charge is 0.514 e. The van der Waals surface area contributed by atoms with Crippen LogP contribution in [0, 0.1) is 0 Å². The molecule has 2 aromatic carbocycles. The number of rotatable bonds is 4. The molecule has 5 nitrogen and oxygen atoms in total. The molecule has 6 heteroatoms. The van der Waals surface area contributed by atoms with E-state index in [0.717, 1.165) is 11.3 Å². The number of hydrogen-bond donors (Lipinski definition) is 1. The zero-order valence-electron chi connectivity index (χ0n) is 12.8. The van der Waals surface area contributed by atoms with Gasteiger partial charge in [-0.2, -0.15) is 0 Å². The molecule has 0 amide bonds. The molecule has 1 aliphatic heterocycles. The third-order valence-corrected chi connectivity index (χ3v) is 3.88. The van der Waals surface area contributed by atoms with Crippen molar-refractivity contribution in [3.05, 3.63) is 70.4 Å². The fourth-order valence-corrected chi connectivity index (χ4v) is 2.50. The number of aliphatic hydroxyl groups excluding tert-OH is 1. The molecule has 2 aromatic rings. The fourth-order valence-electron chi connectivity index (χ4n) is 2.37. The molecule has 0 spiro atoms. The molecular formula is C18H15ClO5. The number of cyclic esters (lactones) is 2. The Kier molecular flexibility index (Phi) is 4.74. The molecule has 3 rings (SSSR count). The maximum atomic E-state index is 11.5. The van der Waals surface area contributed by atoms with Crippen molar-refractivity contribution in [2.45, 2.75) is 12.2 Å². The highest BCUT2D eigenvalue weighted by atomic mass is 35.5. The number of hydrogen-bond acceptors (Lipinski definition) is 5. The van der Waals surface area contributed by atoms with E-state index in [1.54, 1.807) is 49.6 Å². The zero-order valence-corrected chi connectivity index (χ0v) is 13.6. The highest BCUT2D eigenvalue weighted by molar-refractivity contribution is 6.30. The van der Waals surface area contributed by atoms with Gasteiger partial charge in [0.1, 0.15) is 11.9 Å². The summed E-state index contributed by atoms with van der Waals surface area (Å²) >= 11 is 5.85. The molecule has 0 saturated carbocycles. The van der Waals surface area contributed by atoms with Crippen LogP contribution in [0.5, 0.6) is 5.75 Å². The minimum atomic E-state index is -1.06. The molecule has 0 bridgehead atoms. The lowest BCUT2D eigenvalue weighted by Gasteiger charge is -2.16. The third kappa shape index (κ3) is 3.53. The molecule has 0 aliphatic carbocycles. The summed E-state index contributed by atoms with van der Waals surface area (Å²) in [7, 11) is 1.58. The van der Waals surface area contributed by atoms with Crippen LogP contribution in [0.4, 0.5) is 4.79 Å². The SMILES string of the molecule is COc1ccc(/C=C2\OC(=O)O[C@@H]2[C@H](O)c2ccc(Cl)cc2)cc1. The lowest BCUT2D eigenvalue weighted by Crippen LogP contribution is -2.19. The van der Waals surface area contributed by atoms with E-state index in [-0.39, 0.29) is 5.76 Å². The molecule has 1 aliphatic rings. The highest BCUT2D eigenvalue weighted by Gasteiger charge is 2.37. The Bertz CT molecular complexity index is 752. The lowest BCUT2D eigenvalue weighted by molar-refractivity contribution is 0.0404. The second kappa shape index (κ2) is 6.95. The van der Waals surface area contributed by atoms with E-state index in [2.05, 4.69) is 0 Å². The Morgan fingerprint density at radius 3 is 2.46 bits per heavy atom. The number of benzene rings is 2. The summed E-state index contributed by atoms with van der Waals surface area (Å²) in [5.74, 6) is 0.960. The van der Waals surface area contributed by atoms with Gasteiger partial charge < -0.3 is 19.3 Å². The monoisotopic (exact) mass is 346 g/mol. The van der Waals surface area contributed by atoms with Crippen LogP contribution in [-0.2, 0) is 9.47 Å². The molecule has 124 valence electrons. The van der Waals surface area contributed by atoms with Gasteiger partial charge in [0.2, 0.25) is 0 Å². The number of aliphatic hydroxyl groups is 1. The standard InChI is InChI=1S/C18H15ClO5/c1-22-14-8-2-11(3-9-14)10-15-17(24-18(21)23-15)16(20)12-4-6-13(19)7-5-12/h2-10,16-17,20H,1H3/b15-10-/t16-,17+/m1/s1. The Labute approximate surface area is 144 Å². The van der Waals surface area contributed by atoms with Crippen molar-refractivity contribution in [1.29, 1.82) is 0 Å². The first-order valence-electron chi connectivity index (χ1n) is 7.24. The van der Waals surface area contributed by atoms with Gasteiger partial charge in [-0.15, -0.1) is 0 Å². The first-order chi connectivity index (χ1) is 11.6. The van der Waals surface area contributed by atoms with Crippen molar-refractivity contribution in [2.75, 3.05) is 7.11 Å². The van der Waals surface area contributed by atoms with E-state index in [9.17, 15) is 9.90 Å². The summed E-state index contributed by atoms with van der Waals surface area (Å²) in [4.78, 5) is 11.5. The zero-order chi connectivity index (χ0) is 17.1. The number of ether oxygens (including phenoxy) is 3. The van der Waals surface area contributed by atoms with E-state index in [1.165, 1.54) is 0 Å². The summed E-state index contributed by atoms with van der Waals surface area (Å²) in [5.41, 5.74) is 1.36. The lowest BCUT2D eigenvalue weighted by atomic mass is 10.0. The topological polar surface area (TPSA) is 65.0 Å². The predicted octanol–water partition coefficient (Wildman–Crippen LogP) is 3.96. The quantitative estimate of drug-likeness (QED) is 0.849. The van der Waals surface area contributed by atoms with Crippen LogP contribution in [-0.4, -0.2) is 24.5 Å². The van der Waals surface area contributed by atoms with E-state index < -0.39 is 18.4 Å². The minimum Gasteiger partial charge on any atom is -0.497 e. The van der Waals surface area contributed by atoms with Gasteiger partial charge in [-0.1, -0.05) is 35.9 Å². The van der Waals surface area contributed by atoms with Gasteiger partial charge in [0, 0.05) is 5.02 Å². The van der Waals surface area contributed by atoms with E-state index >= 15 is 0 Å². The van der Waals surface area contributed by atoms with Crippen molar-refractivity contribution >= 4 is 23.8 Å². The summed E-state index contributed by atoms with van der Waals surface area (Å²) in [5, 5.41) is 11.1. The van der Waals surface area contributed by atoms with Crippen LogP contribution >= 0.6 is 11.6 Å². The molecule has 2 atom stereocenters. The second-order valence-corrected chi connectivity index (χ2v) is 5.64. The number of methoxy groups -OCH3 is 1. The number of carbonyl (C=O) groups excluding carboxylic acids is 1. The highest BCUT2D eigenvalue weighted by Crippen LogP contribution is 2.32. The van der Waals surface area contributed by atoms with E-state index in [4.69, 9.17) is 25.8 Å². The van der Waals surface area contributed by atoms with Crippen molar-refractivity contribution < 1.29 is 24.1 Å². The fraction of sp³-hybridized carbons (Fsp3) is 0.167. The smallest absolute Gasteiger partial charge is 0.497 e. The molecule has 24 heavy (non-hydrogen) atoms. The van der Waals surface area contributed by atoms with E-state index in [0.29, 0.717) is 10.6 Å². The van der Waals surface area contributed by atoms with Crippen LogP contribution in [0.1, 0.15) is 17.2 Å². The normalized spacial score (nSPS) is 19.7. The number of carbonyl (C=O) groups is 1. The summed E-state index contributed by atoms with van der Waals surface area (Å²) < 4.78 is 15.3. The molecule has 1 N–H and O–H groups in total. The van der Waals surface area contributed by atoms with Crippen molar-refractivity contribution in [1.82, 2.24) is 0 Å². The molecule has 0 unspecified atom stereocenters. The molecule has 1 saturated heterocycles. The maximum Gasteiger partial charge on any atom is 0.514 e. The maximum absolute atomic E-state index is 11.5. The third-order valence-electron chi connectivity index (χ3n) is 3.63. The summed E-state index contributed by atoms with van der Waals surface area (Å²) in [6, 6.07) is 13.8. The Balaban J connectivity index is 1.86. The molecule has 1 fully saturated rings. The summed E-state index contributed by atoms with van der Waals surface area (Å²) in [6.45, 7) is 0. The van der Waals surface area contributed by atoms with Crippen molar-refractivity contribution in [3.8, 4) is 5.75 Å². The van der Waals surface area contributed by atoms with Gasteiger partial charge in [0.25, 0.3) is 0 Å². The molecule has 0 radical (unpaired) electrons. The Morgan fingerprint density at radius 2 is 1.83 bits per heavy atom. The Hall–Kier alpha value is -2.50. The molecule has 1 heterocycles. The van der Waals surface area contributed by atoms with E-state index in [1.807, 2.05) is 12.1 Å². The average molecular weight is 347 g/mol. The van der Waals surface area contributed by atoms with Gasteiger partial charge in [-0.05, 0) is 41.5 Å². The molecular weight excluding hydrogens is 332 g/mol. The minimum absolute atomic E-state index is 0.243. The summed E-state index contributed by atoms with van der Waals surface area (Å²) in [6.07, 6.45) is -1.17. The first kappa shape index (κ1) is 16.4. The number of halogens is 1. The van der Waals surface area contributed by atoms with Gasteiger partial charge in [0.05, 0.1) is 7.11 Å². The van der Waals surface area contributed by atoms with Gasteiger partial charge in [-0.3, -0.25) is 0 Å². The van der Waals surface area contributed by atoms with Crippen LogP contribution in [0.2, 0.25) is 5.02 Å². The van der Waals surface area contributed by atoms with Crippen LogP contribution in [0.3, 0.4) is 0 Å². The van der Waals surface area contributed by atoms with Gasteiger partial charge >= 0.3 is 6.16 Å². The Morgan fingerprint density at radius 1 is 1.17 bits per heavy atom. The average Bonchev–Trinajstić information content (AvgIpc) is 2.96. The van der Waals surface area contributed by atoms with Crippen LogP contribution in [0.15, 0.2) is 54.3 Å². The van der Waals surface area contributed by atoms with Crippen molar-refractivity contribution in [3.63, 3.8) is 0 Å². The van der Waals surface area contributed by atoms with Gasteiger partial charge in [-0.25, -0.2) is 4.79 Å². The van der Waals surface area contributed by atoms with Gasteiger partial charge in [0.15, 0.2) is 11.9 Å².